The molecule has 0 saturated carbocycles. The van der Waals surface area contributed by atoms with Gasteiger partial charge in [0.25, 0.3) is 0 Å². The standard InChI is InChI=1S/C21H21ClN2O3/c22-18-14-27-21-16(20(18)26)6-7-19(25)17(21)13-24-10-8-23(9-11-24)12-15-4-2-1-3-5-15/h1-7,14,25H,8-13H2. The molecule has 1 aromatic heterocycles. The maximum absolute atomic E-state index is 12.2. The van der Waals surface area contributed by atoms with Crippen LogP contribution in [0.2, 0.25) is 5.02 Å². The first-order valence-corrected chi connectivity index (χ1v) is 9.40. The molecule has 1 N–H and O–H groups in total. The molecule has 0 bridgehead atoms. The summed E-state index contributed by atoms with van der Waals surface area (Å²) < 4.78 is 5.55. The molecular weight excluding hydrogens is 364 g/mol. The number of hydrogen-bond donors (Lipinski definition) is 1. The van der Waals surface area contributed by atoms with Gasteiger partial charge in [-0.15, -0.1) is 0 Å². The van der Waals surface area contributed by atoms with Crippen molar-refractivity contribution in [3.8, 4) is 5.75 Å². The quantitative estimate of drug-likeness (QED) is 0.746. The molecule has 5 nitrogen and oxygen atoms in total. The van der Waals surface area contributed by atoms with Crippen LogP contribution >= 0.6 is 11.6 Å². The van der Waals surface area contributed by atoms with Crippen LogP contribution in [0.4, 0.5) is 0 Å². The van der Waals surface area contributed by atoms with E-state index in [2.05, 4.69) is 34.1 Å². The normalized spacial score (nSPS) is 16.0. The first kappa shape index (κ1) is 18.0. The second-order valence-electron chi connectivity index (χ2n) is 6.89. The fraction of sp³-hybridized carbons (Fsp3) is 0.286. The molecule has 0 aliphatic carbocycles. The molecule has 0 atom stereocenters. The Bertz CT molecular complexity index is 995. The molecule has 2 aromatic carbocycles. The van der Waals surface area contributed by atoms with Crippen molar-refractivity contribution in [3.63, 3.8) is 0 Å². The van der Waals surface area contributed by atoms with Gasteiger partial charge in [-0.1, -0.05) is 41.9 Å². The number of piperazine rings is 1. The van der Waals surface area contributed by atoms with E-state index in [1.165, 1.54) is 17.9 Å². The van der Waals surface area contributed by atoms with Gasteiger partial charge in [0.05, 0.1) is 10.9 Å². The van der Waals surface area contributed by atoms with Gasteiger partial charge in [0.15, 0.2) is 0 Å². The van der Waals surface area contributed by atoms with Crippen molar-refractivity contribution in [1.82, 2.24) is 9.80 Å². The molecule has 2 heterocycles. The Morgan fingerprint density at radius 1 is 0.963 bits per heavy atom. The zero-order valence-corrected chi connectivity index (χ0v) is 15.7. The Morgan fingerprint density at radius 3 is 2.33 bits per heavy atom. The van der Waals surface area contributed by atoms with Crippen molar-refractivity contribution in [2.75, 3.05) is 26.2 Å². The van der Waals surface area contributed by atoms with Crippen LogP contribution in [0.3, 0.4) is 0 Å². The lowest BCUT2D eigenvalue weighted by Crippen LogP contribution is -2.45. The smallest absolute Gasteiger partial charge is 0.211 e. The van der Waals surface area contributed by atoms with Gasteiger partial charge in [-0.05, 0) is 17.7 Å². The number of aromatic hydroxyl groups is 1. The maximum atomic E-state index is 12.2. The average Bonchev–Trinajstić information content (AvgIpc) is 2.69. The van der Waals surface area contributed by atoms with Gasteiger partial charge in [0.2, 0.25) is 5.43 Å². The average molecular weight is 385 g/mol. The summed E-state index contributed by atoms with van der Waals surface area (Å²) in [6, 6.07) is 13.6. The SMILES string of the molecule is O=c1c(Cl)coc2c(CN3CCN(Cc4ccccc4)CC3)c(O)ccc12. The summed E-state index contributed by atoms with van der Waals surface area (Å²) in [4.78, 5) is 16.9. The molecule has 1 aliphatic heterocycles. The number of nitrogens with zero attached hydrogens (tertiary/aromatic N) is 2. The minimum atomic E-state index is -0.271. The topological polar surface area (TPSA) is 56.9 Å². The number of fused-ring (bicyclic) bond motifs is 1. The number of rotatable bonds is 4. The lowest BCUT2D eigenvalue weighted by Gasteiger charge is -2.34. The molecule has 0 radical (unpaired) electrons. The highest BCUT2D eigenvalue weighted by molar-refractivity contribution is 6.30. The van der Waals surface area contributed by atoms with Gasteiger partial charge in [-0.2, -0.15) is 0 Å². The molecule has 140 valence electrons. The molecule has 1 fully saturated rings. The van der Waals surface area contributed by atoms with Crippen LogP contribution in [-0.4, -0.2) is 41.1 Å². The molecule has 6 heteroatoms. The number of phenols is 1. The van der Waals surface area contributed by atoms with Crippen molar-refractivity contribution in [1.29, 1.82) is 0 Å². The predicted molar refractivity (Wildman–Crippen MR) is 106 cm³/mol. The summed E-state index contributed by atoms with van der Waals surface area (Å²) in [5.41, 5.74) is 2.09. The van der Waals surface area contributed by atoms with Crippen LogP contribution in [0.15, 0.2) is 57.9 Å². The van der Waals surface area contributed by atoms with Crippen LogP contribution in [0.25, 0.3) is 11.0 Å². The van der Waals surface area contributed by atoms with Crippen LogP contribution in [0.5, 0.6) is 5.75 Å². The summed E-state index contributed by atoms with van der Waals surface area (Å²) in [5.74, 6) is 0.139. The van der Waals surface area contributed by atoms with Gasteiger partial charge < -0.3 is 9.52 Å². The molecule has 0 amide bonds. The third-order valence-corrected chi connectivity index (χ3v) is 5.33. The van der Waals surface area contributed by atoms with Crippen LogP contribution < -0.4 is 5.43 Å². The number of halogens is 1. The Balaban J connectivity index is 1.47. The summed E-state index contributed by atoms with van der Waals surface area (Å²) in [6.07, 6.45) is 1.24. The second-order valence-corrected chi connectivity index (χ2v) is 7.30. The van der Waals surface area contributed by atoms with Crippen molar-refractivity contribution in [2.24, 2.45) is 0 Å². The highest BCUT2D eigenvalue weighted by Gasteiger charge is 2.21. The van der Waals surface area contributed by atoms with Crippen molar-refractivity contribution < 1.29 is 9.52 Å². The number of hydrogen-bond acceptors (Lipinski definition) is 5. The third kappa shape index (κ3) is 3.86. The lowest BCUT2D eigenvalue weighted by atomic mass is 10.1. The molecule has 4 rings (SSSR count). The van der Waals surface area contributed by atoms with E-state index < -0.39 is 0 Å². The Kier molecular flexibility index (Phi) is 5.16. The molecule has 1 aliphatic rings. The minimum Gasteiger partial charge on any atom is -0.507 e. The van der Waals surface area contributed by atoms with Crippen LogP contribution in [0.1, 0.15) is 11.1 Å². The zero-order chi connectivity index (χ0) is 18.8. The first-order chi connectivity index (χ1) is 13.1. The fourth-order valence-corrected chi connectivity index (χ4v) is 3.69. The van der Waals surface area contributed by atoms with Crippen LogP contribution in [0, 0.1) is 0 Å². The fourth-order valence-electron chi connectivity index (χ4n) is 3.55. The van der Waals surface area contributed by atoms with E-state index in [-0.39, 0.29) is 16.2 Å². The molecule has 1 saturated heterocycles. The largest absolute Gasteiger partial charge is 0.507 e. The first-order valence-electron chi connectivity index (χ1n) is 9.02. The number of benzene rings is 2. The molecule has 0 spiro atoms. The van der Waals surface area contributed by atoms with E-state index >= 15 is 0 Å². The van der Waals surface area contributed by atoms with Crippen molar-refractivity contribution in [2.45, 2.75) is 13.1 Å². The van der Waals surface area contributed by atoms with E-state index in [0.29, 0.717) is 23.1 Å². The van der Waals surface area contributed by atoms with E-state index in [1.54, 1.807) is 6.07 Å². The van der Waals surface area contributed by atoms with Gasteiger partial charge >= 0.3 is 0 Å². The van der Waals surface area contributed by atoms with E-state index in [0.717, 1.165) is 32.7 Å². The van der Waals surface area contributed by atoms with Gasteiger partial charge in [0.1, 0.15) is 22.6 Å². The Labute approximate surface area is 162 Å². The number of phenolic OH excluding ortho intramolecular Hbond substituents is 1. The Morgan fingerprint density at radius 2 is 1.63 bits per heavy atom. The summed E-state index contributed by atoms with van der Waals surface area (Å²) in [7, 11) is 0. The monoisotopic (exact) mass is 384 g/mol. The molecule has 3 aromatic rings. The lowest BCUT2D eigenvalue weighted by molar-refractivity contribution is 0.121. The van der Waals surface area contributed by atoms with Gasteiger partial charge in [-0.3, -0.25) is 14.6 Å². The van der Waals surface area contributed by atoms with Crippen molar-refractivity contribution >= 4 is 22.6 Å². The predicted octanol–water partition coefficient (Wildman–Crippen LogP) is 3.47. The highest BCUT2D eigenvalue weighted by atomic mass is 35.5. The minimum absolute atomic E-state index is 0.0497. The van der Waals surface area contributed by atoms with Gasteiger partial charge in [-0.25, -0.2) is 0 Å². The summed E-state index contributed by atoms with van der Waals surface area (Å²) >= 11 is 5.87. The van der Waals surface area contributed by atoms with E-state index in [9.17, 15) is 9.90 Å². The maximum Gasteiger partial charge on any atom is 0.211 e. The van der Waals surface area contributed by atoms with E-state index in [1.807, 2.05) is 6.07 Å². The van der Waals surface area contributed by atoms with Crippen molar-refractivity contribution in [3.05, 3.63) is 75.1 Å². The van der Waals surface area contributed by atoms with Gasteiger partial charge in [0, 0.05) is 39.3 Å². The molecule has 27 heavy (non-hydrogen) atoms. The summed E-state index contributed by atoms with van der Waals surface area (Å²) in [6.45, 7) is 5.17. The zero-order valence-electron chi connectivity index (χ0n) is 14.9. The third-order valence-electron chi connectivity index (χ3n) is 5.07. The highest BCUT2D eigenvalue weighted by Crippen LogP contribution is 2.28. The molecular formula is C21H21ClN2O3. The van der Waals surface area contributed by atoms with E-state index in [4.69, 9.17) is 16.0 Å². The summed E-state index contributed by atoms with van der Waals surface area (Å²) in [5, 5.41) is 10.8. The second kappa shape index (κ2) is 7.72. The Hall–Kier alpha value is -2.34. The van der Waals surface area contributed by atoms with Crippen LogP contribution in [-0.2, 0) is 13.1 Å². The molecule has 0 unspecified atom stereocenters.